The standard InChI is InChI=1S/C13H18FNO2S/c1-10-2-3-11(8-13(10)14)9-15-12-4-6-18(16,17)7-5-12/h2-3,8,12,15H,4-7,9H2,1H3. The molecule has 0 spiro atoms. The van der Waals surface area contributed by atoms with E-state index in [0.717, 1.165) is 5.56 Å². The highest BCUT2D eigenvalue weighted by Gasteiger charge is 2.22. The summed E-state index contributed by atoms with van der Waals surface area (Å²) in [5.74, 6) is 0.320. The van der Waals surface area contributed by atoms with Crippen molar-refractivity contribution in [3.05, 3.63) is 35.1 Å². The van der Waals surface area contributed by atoms with E-state index in [9.17, 15) is 12.8 Å². The van der Waals surface area contributed by atoms with E-state index in [1.165, 1.54) is 6.07 Å². The van der Waals surface area contributed by atoms with E-state index >= 15 is 0 Å². The van der Waals surface area contributed by atoms with Crippen molar-refractivity contribution in [2.24, 2.45) is 0 Å². The Bertz CT molecular complexity index is 514. The predicted molar refractivity (Wildman–Crippen MR) is 69.7 cm³/mol. The highest BCUT2D eigenvalue weighted by molar-refractivity contribution is 7.91. The van der Waals surface area contributed by atoms with Crippen LogP contribution < -0.4 is 5.32 Å². The van der Waals surface area contributed by atoms with E-state index in [2.05, 4.69) is 5.32 Å². The largest absolute Gasteiger partial charge is 0.310 e. The molecule has 0 amide bonds. The van der Waals surface area contributed by atoms with Crippen LogP contribution in [0, 0.1) is 12.7 Å². The van der Waals surface area contributed by atoms with Crippen LogP contribution >= 0.6 is 0 Å². The molecule has 0 aliphatic carbocycles. The van der Waals surface area contributed by atoms with E-state index in [-0.39, 0.29) is 23.4 Å². The van der Waals surface area contributed by atoms with Crippen LogP contribution in [0.2, 0.25) is 0 Å². The lowest BCUT2D eigenvalue weighted by atomic mass is 10.1. The van der Waals surface area contributed by atoms with Crippen LogP contribution in [0.4, 0.5) is 4.39 Å². The van der Waals surface area contributed by atoms with Gasteiger partial charge in [0.25, 0.3) is 0 Å². The van der Waals surface area contributed by atoms with Crippen molar-refractivity contribution in [2.75, 3.05) is 11.5 Å². The third kappa shape index (κ3) is 3.53. The first kappa shape index (κ1) is 13.5. The molecule has 1 fully saturated rings. The molecule has 3 nitrogen and oxygen atoms in total. The lowest BCUT2D eigenvalue weighted by Gasteiger charge is -2.23. The van der Waals surface area contributed by atoms with Gasteiger partial charge in [-0.05, 0) is 37.0 Å². The summed E-state index contributed by atoms with van der Waals surface area (Å²) in [6, 6.07) is 5.41. The summed E-state index contributed by atoms with van der Waals surface area (Å²) >= 11 is 0. The van der Waals surface area contributed by atoms with Gasteiger partial charge in [0, 0.05) is 12.6 Å². The maximum absolute atomic E-state index is 13.3. The SMILES string of the molecule is Cc1ccc(CNC2CCS(=O)(=O)CC2)cc1F. The number of halogens is 1. The Balaban J connectivity index is 1.87. The third-order valence-corrected chi connectivity index (χ3v) is 5.10. The zero-order valence-corrected chi connectivity index (χ0v) is 11.3. The molecule has 1 aromatic rings. The normalized spacial score (nSPS) is 19.9. The predicted octanol–water partition coefficient (Wildman–Crippen LogP) is 1.80. The van der Waals surface area contributed by atoms with Crippen molar-refractivity contribution in [1.29, 1.82) is 0 Å². The monoisotopic (exact) mass is 271 g/mol. The van der Waals surface area contributed by atoms with Gasteiger partial charge in [0.15, 0.2) is 0 Å². The molecule has 0 unspecified atom stereocenters. The van der Waals surface area contributed by atoms with Crippen molar-refractivity contribution in [3.8, 4) is 0 Å². The van der Waals surface area contributed by atoms with Gasteiger partial charge >= 0.3 is 0 Å². The van der Waals surface area contributed by atoms with Gasteiger partial charge in [-0.2, -0.15) is 0 Å². The van der Waals surface area contributed by atoms with Crippen LogP contribution in [0.1, 0.15) is 24.0 Å². The molecule has 1 saturated heterocycles. The lowest BCUT2D eigenvalue weighted by Crippen LogP contribution is -2.37. The smallest absolute Gasteiger partial charge is 0.150 e. The zero-order valence-electron chi connectivity index (χ0n) is 10.4. The van der Waals surface area contributed by atoms with Crippen LogP contribution in [0.25, 0.3) is 0 Å². The Kier molecular flexibility index (Phi) is 4.02. The fourth-order valence-corrected chi connectivity index (χ4v) is 3.59. The zero-order chi connectivity index (χ0) is 13.2. The van der Waals surface area contributed by atoms with Crippen molar-refractivity contribution < 1.29 is 12.8 Å². The fraction of sp³-hybridized carbons (Fsp3) is 0.538. The van der Waals surface area contributed by atoms with Crippen LogP contribution in [0.3, 0.4) is 0 Å². The van der Waals surface area contributed by atoms with E-state index in [4.69, 9.17) is 0 Å². The highest BCUT2D eigenvalue weighted by atomic mass is 32.2. The van der Waals surface area contributed by atoms with Crippen molar-refractivity contribution in [3.63, 3.8) is 0 Å². The summed E-state index contributed by atoms with van der Waals surface area (Å²) in [6.45, 7) is 2.32. The Hall–Kier alpha value is -0.940. The molecule has 1 aliphatic rings. The number of benzene rings is 1. The molecule has 1 heterocycles. The molecule has 18 heavy (non-hydrogen) atoms. The minimum Gasteiger partial charge on any atom is -0.310 e. The quantitative estimate of drug-likeness (QED) is 0.912. The highest BCUT2D eigenvalue weighted by Crippen LogP contribution is 2.14. The molecule has 2 rings (SSSR count). The second-order valence-corrected chi connectivity index (χ2v) is 7.19. The Morgan fingerprint density at radius 3 is 2.61 bits per heavy atom. The van der Waals surface area contributed by atoms with Gasteiger partial charge in [-0.1, -0.05) is 12.1 Å². The van der Waals surface area contributed by atoms with E-state index in [1.807, 2.05) is 6.07 Å². The third-order valence-electron chi connectivity index (χ3n) is 3.39. The van der Waals surface area contributed by atoms with Crippen LogP contribution in [-0.2, 0) is 16.4 Å². The number of hydrogen-bond acceptors (Lipinski definition) is 3. The second kappa shape index (κ2) is 5.36. The summed E-state index contributed by atoms with van der Waals surface area (Å²) in [5, 5.41) is 3.29. The summed E-state index contributed by atoms with van der Waals surface area (Å²) in [7, 11) is -2.81. The summed E-state index contributed by atoms with van der Waals surface area (Å²) < 4.78 is 35.9. The molecule has 0 atom stereocenters. The van der Waals surface area contributed by atoms with Crippen LogP contribution in [0.5, 0.6) is 0 Å². The molecule has 0 aromatic heterocycles. The van der Waals surface area contributed by atoms with E-state index in [0.29, 0.717) is 24.9 Å². The van der Waals surface area contributed by atoms with Crippen LogP contribution in [-0.4, -0.2) is 26.0 Å². The molecule has 1 N–H and O–H groups in total. The van der Waals surface area contributed by atoms with Gasteiger partial charge in [0.05, 0.1) is 11.5 Å². The van der Waals surface area contributed by atoms with Gasteiger partial charge in [-0.3, -0.25) is 0 Å². The Labute approximate surface area is 107 Å². The first-order chi connectivity index (χ1) is 8.46. The number of nitrogens with one attached hydrogen (secondary N) is 1. The molecule has 1 aliphatic heterocycles. The molecule has 5 heteroatoms. The number of hydrogen-bond donors (Lipinski definition) is 1. The van der Waals surface area contributed by atoms with Gasteiger partial charge in [-0.25, -0.2) is 12.8 Å². The molecular formula is C13H18FNO2S. The van der Waals surface area contributed by atoms with Gasteiger partial charge < -0.3 is 5.32 Å². The van der Waals surface area contributed by atoms with Crippen LogP contribution in [0.15, 0.2) is 18.2 Å². The molecule has 0 bridgehead atoms. The Morgan fingerprint density at radius 1 is 1.33 bits per heavy atom. The average Bonchev–Trinajstić information content (AvgIpc) is 2.32. The van der Waals surface area contributed by atoms with Gasteiger partial charge in [-0.15, -0.1) is 0 Å². The van der Waals surface area contributed by atoms with E-state index < -0.39 is 9.84 Å². The van der Waals surface area contributed by atoms with Crippen molar-refractivity contribution in [2.45, 2.75) is 32.4 Å². The minimum absolute atomic E-state index is 0.194. The summed E-state index contributed by atoms with van der Waals surface area (Å²) in [6.07, 6.45) is 1.30. The fourth-order valence-electron chi connectivity index (χ4n) is 2.10. The first-order valence-electron chi connectivity index (χ1n) is 6.15. The summed E-state index contributed by atoms with van der Waals surface area (Å²) in [5.41, 5.74) is 1.54. The average molecular weight is 271 g/mol. The number of sulfone groups is 1. The minimum atomic E-state index is -2.81. The van der Waals surface area contributed by atoms with Crippen molar-refractivity contribution in [1.82, 2.24) is 5.32 Å². The van der Waals surface area contributed by atoms with Gasteiger partial charge in [0.2, 0.25) is 0 Å². The maximum Gasteiger partial charge on any atom is 0.150 e. The molecule has 100 valence electrons. The number of aryl methyl sites for hydroxylation is 1. The first-order valence-corrected chi connectivity index (χ1v) is 7.97. The van der Waals surface area contributed by atoms with Gasteiger partial charge in [0.1, 0.15) is 15.7 Å². The second-order valence-electron chi connectivity index (χ2n) is 4.89. The summed E-state index contributed by atoms with van der Waals surface area (Å²) in [4.78, 5) is 0. The van der Waals surface area contributed by atoms with Crippen molar-refractivity contribution >= 4 is 9.84 Å². The molecule has 1 aromatic carbocycles. The molecular weight excluding hydrogens is 253 g/mol. The molecule has 0 radical (unpaired) electrons. The van der Waals surface area contributed by atoms with E-state index in [1.54, 1.807) is 13.0 Å². The Morgan fingerprint density at radius 2 is 2.00 bits per heavy atom. The lowest BCUT2D eigenvalue weighted by molar-refractivity contribution is 0.462. The molecule has 0 saturated carbocycles. The maximum atomic E-state index is 13.3. The topological polar surface area (TPSA) is 46.2 Å². The number of rotatable bonds is 3.